The molecule has 90 valence electrons. The molecule has 0 spiro atoms. The smallest absolute Gasteiger partial charge is 0.323 e. The molecule has 0 fully saturated rings. The monoisotopic (exact) mass is 235 g/mol. The molecule has 0 saturated carbocycles. The van der Waals surface area contributed by atoms with E-state index in [-0.39, 0.29) is 18.6 Å². The van der Waals surface area contributed by atoms with Gasteiger partial charge in [-0.1, -0.05) is 6.92 Å². The maximum Gasteiger partial charge on any atom is 0.323 e. The molecule has 1 unspecified atom stereocenters. The summed E-state index contributed by atoms with van der Waals surface area (Å²) in [5, 5.41) is 11.8. The fraction of sp³-hybridized carbons (Fsp3) is 0.900. The zero-order chi connectivity index (χ0) is 11.5. The standard InChI is InChI=1S/C10H21NO3S/c1-3-5-11-9(8-15-7-6-12)10(13)14-4-2/h9,11-12H,3-8H2,1-2H3. The van der Waals surface area contributed by atoms with Gasteiger partial charge in [-0.15, -0.1) is 0 Å². The molecule has 0 aliphatic carbocycles. The molecule has 0 saturated heterocycles. The molecule has 0 aliphatic rings. The van der Waals surface area contributed by atoms with Gasteiger partial charge < -0.3 is 15.2 Å². The van der Waals surface area contributed by atoms with E-state index in [0.29, 0.717) is 18.1 Å². The summed E-state index contributed by atoms with van der Waals surface area (Å²) in [6.07, 6.45) is 0.987. The lowest BCUT2D eigenvalue weighted by Crippen LogP contribution is -2.40. The Labute approximate surface area is 95.8 Å². The Balaban J connectivity index is 3.87. The number of carbonyl (C=O) groups excluding carboxylic acids is 1. The van der Waals surface area contributed by atoms with Crippen LogP contribution in [0.5, 0.6) is 0 Å². The molecule has 0 radical (unpaired) electrons. The molecule has 0 rings (SSSR count). The lowest BCUT2D eigenvalue weighted by Gasteiger charge is -2.16. The average Bonchev–Trinajstić information content (AvgIpc) is 2.23. The Morgan fingerprint density at radius 1 is 1.53 bits per heavy atom. The summed E-state index contributed by atoms with van der Waals surface area (Å²) in [7, 11) is 0. The second kappa shape index (κ2) is 10.3. The Morgan fingerprint density at radius 3 is 2.80 bits per heavy atom. The second-order valence-electron chi connectivity index (χ2n) is 3.06. The summed E-state index contributed by atoms with van der Waals surface area (Å²) in [6, 6.07) is -0.249. The molecular weight excluding hydrogens is 214 g/mol. The summed E-state index contributed by atoms with van der Waals surface area (Å²) in [5.74, 6) is 1.11. The Kier molecular flexibility index (Phi) is 10.1. The highest BCUT2D eigenvalue weighted by Gasteiger charge is 2.18. The number of carbonyl (C=O) groups is 1. The fourth-order valence-corrected chi connectivity index (χ4v) is 1.82. The van der Waals surface area contributed by atoms with Crippen molar-refractivity contribution in [3.63, 3.8) is 0 Å². The summed E-state index contributed by atoms with van der Waals surface area (Å²) in [6.45, 7) is 5.22. The maximum absolute atomic E-state index is 11.5. The summed E-state index contributed by atoms with van der Waals surface area (Å²) >= 11 is 1.55. The number of aliphatic hydroxyl groups excluding tert-OH is 1. The first-order chi connectivity index (χ1) is 7.26. The number of hydrogen-bond acceptors (Lipinski definition) is 5. The number of thioether (sulfide) groups is 1. The Morgan fingerprint density at radius 2 is 2.27 bits per heavy atom. The van der Waals surface area contributed by atoms with Crippen LogP contribution in [0.1, 0.15) is 20.3 Å². The van der Waals surface area contributed by atoms with Crippen molar-refractivity contribution in [1.29, 1.82) is 0 Å². The molecule has 0 aromatic heterocycles. The fourth-order valence-electron chi connectivity index (χ4n) is 1.04. The van der Waals surface area contributed by atoms with Gasteiger partial charge in [-0.05, 0) is 19.9 Å². The molecule has 4 nitrogen and oxygen atoms in total. The number of nitrogens with one attached hydrogen (secondary N) is 1. The van der Waals surface area contributed by atoms with Crippen LogP contribution in [-0.4, -0.2) is 48.4 Å². The van der Waals surface area contributed by atoms with Crippen LogP contribution < -0.4 is 5.32 Å². The van der Waals surface area contributed by atoms with Gasteiger partial charge in [0.05, 0.1) is 13.2 Å². The molecule has 0 amide bonds. The highest BCUT2D eigenvalue weighted by atomic mass is 32.2. The predicted molar refractivity (Wildman–Crippen MR) is 63.1 cm³/mol. The van der Waals surface area contributed by atoms with Crippen LogP contribution in [0.3, 0.4) is 0 Å². The van der Waals surface area contributed by atoms with E-state index in [1.165, 1.54) is 0 Å². The van der Waals surface area contributed by atoms with Crippen molar-refractivity contribution in [1.82, 2.24) is 5.32 Å². The lowest BCUT2D eigenvalue weighted by molar-refractivity contribution is -0.144. The van der Waals surface area contributed by atoms with E-state index in [1.807, 2.05) is 0 Å². The summed E-state index contributed by atoms with van der Waals surface area (Å²) in [5.41, 5.74) is 0. The summed E-state index contributed by atoms with van der Waals surface area (Å²) in [4.78, 5) is 11.5. The maximum atomic E-state index is 11.5. The van der Waals surface area contributed by atoms with Crippen LogP contribution in [0.2, 0.25) is 0 Å². The third kappa shape index (κ3) is 7.64. The Hall–Kier alpha value is -0.260. The number of hydrogen-bond donors (Lipinski definition) is 2. The van der Waals surface area contributed by atoms with E-state index in [9.17, 15) is 4.79 Å². The first kappa shape index (κ1) is 14.7. The molecule has 0 aromatic carbocycles. The SMILES string of the molecule is CCCNC(CSCCO)C(=O)OCC. The molecule has 0 aliphatic heterocycles. The summed E-state index contributed by atoms with van der Waals surface area (Å²) < 4.78 is 4.95. The van der Waals surface area contributed by atoms with Crippen molar-refractivity contribution in [3.8, 4) is 0 Å². The third-order valence-electron chi connectivity index (χ3n) is 1.73. The minimum Gasteiger partial charge on any atom is -0.465 e. The normalized spacial score (nSPS) is 12.5. The molecule has 0 bridgehead atoms. The first-order valence-corrected chi connectivity index (χ1v) is 6.50. The van der Waals surface area contributed by atoms with E-state index < -0.39 is 0 Å². The van der Waals surface area contributed by atoms with E-state index in [0.717, 1.165) is 13.0 Å². The lowest BCUT2D eigenvalue weighted by atomic mass is 10.3. The van der Waals surface area contributed by atoms with Gasteiger partial charge in [0.2, 0.25) is 0 Å². The highest BCUT2D eigenvalue weighted by molar-refractivity contribution is 7.99. The van der Waals surface area contributed by atoms with Crippen molar-refractivity contribution in [3.05, 3.63) is 0 Å². The van der Waals surface area contributed by atoms with Crippen molar-refractivity contribution in [2.45, 2.75) is 26.3 Å². The van der Waals surface area contributed by atoms with Crippen molar-refractivity contribution >= 4 is 17.7 Å². The van der Waals surface area contributed by atoms with Crippen molar-refractivity contribution in [2.24, 2.45) is 0 Å². The van der Waals surface area contributed by atoms with Gasteiger partial charge in [0.25, 0.3) is 0 Å². The minimum absolute atomic E-state index is 0.147. The van der Waals surface area contributed by atoms with Gasteiger partial charge in [-0.25, -0.2) is 0 Å². The van der Waals surface area contributed by atoms with Crippen molar-refractivity contribution in [2.75, 3.05) is 31.3 Å². The zero-order valence-electron chi connectivity index (χ0n) is 9.49. The topological polar surface area (TPSA) is 58.6 Å². The van der Waals surface area contributed by atoms with Gasteiger partial charge >= 0.3 is 5.97 Å². The van der Waals surface area contributed by atoms with E-state index in [4.69, 9.17) is 9.84 Å². The van der Waals surface area contributed by atoms with Crippen LogP contribution >= 0.6 is 11.8 Å². The van der Waals surface area contributed by atoms with Crippen LogP contribution in [0, 0.1) is 0 Å². The average molecular weight is 235 g/mol. The molecule has 0 aromatic rings. The van der Waals surface area contributed by atoms with Crippen LogP contribution in [0.25, 0.3) is 0 Å². The number of rotatable bonds is 9. The van der Waals surface area contributed by atoms with Crippen LogP contribution in [0.4, 0.5) is 0 Å². The van der Waals surface area contributed by atoms with E-state index >= 15 is 0 Å². The van der Waals surface area contributed by atoms with Crippen molar-refractivity contribution < 1.29 is 14.6 Å². The first-order valence-electron chi connectivity index (χ1n) is 5.34. The minimum atomic E-state index is -0.249. The highest BCUT2D eigenvalue weighted by Crippen LogP contribution is 2.04. The molecule has 1 atom stereocenters. The number of ether oxygens (including phenoxy) is 1. The number of esters is 1. The number of aliphatic hydroxyl groups is 1. The van der Waals surface area contributed by atoms with Gasteiger partial charge in [0.1, 0.15) is 6.04 Å². The zero-order valence-corrected chi connectivity index (χ0v) is 10.3. The van der Waals surface area contributed by atoms with Crippen LogP contribution in [-0.2, 0) is 9.53 Å². The van der Waals surface area contributed by atoms with E-state index in [1.54, 1.807) is 18.7 Å². The molecule has 5 heteroatoms. The van der Waals surface area contributed by atoms with Gasteiger partial charge in [-0.3, -0.25) is 4.79 Å². The van der Waals surface area contributed by atoms with E-state index in [2.05, 4.69) is 12.2 Å². The van der Waals surface area contributed by atoms with Crippen LogP contribution in [0.15, 0.2) is 0 Å². The van der Waals surface area contributed by atoms with Gasteiger partial charge in [0, 0.05) is 11.5 Å². The molecular formula is C10H21NO3S. The van der Waals surface area contributed by atoms with Gasteiger partial charge in [-0.2, -0.15) is 11.8 Å². The predicted octanol–water partition coefficient (Wildman–Crippen LogP) is 0.643. The Bertz CT molecular complexity index is 167. The quantitative estimate of drug-likeness (QED) is 0.454. The molecule has 15 heavy (non-hydrogen) atoms. The molecule has 2 N–H and O–H groups in total. The molecule has 0 heterocycles. The second-order valence-corrected chi connectivity index (χ2v) is 4.21. The van der Waals surface area contributed by atoms with Gasteiger partial charge in [0.15, 0.2) is 0 Å². The third-order valence-corrected chi connectivity index (χ3v) is 2.77. The largest absolute Gasteiger partial charge is 0.465 e.